The van der Waals surface area contributed by atoms with Crippen molar-refractivity contribution in [2.24, 2.45) is 5.73 Å². The summed E-state index contributed by atoms with van der Waals surface area (Å²) in [5.41, 5.74) is 11.3. The molecule has 114 valence electrons. The van der Waals surface area contributed by atoms with Crippen molar-refractivity contribution >= 4 is 5.97 Å². The lowest BCUT2D eigenvalue weighted by Gasteiger charge is -2.12. The number of hydrogen-bond acceptors (Lipinski definition) is 4. The van der Waals surface area contributed by atoms with Crippen LogP contribution in [0.4, 0.5) is 0 Å². The third-order valence-corrected chi connectivity index (χ3v) is 4.03. The minimum atomic E-state index is -1.14. The lowest BCUT2D eigenvalue weighted by atomic mass is 10.0. The number of rotatable bonds is 5. The second-order valence-corrected chi connectivity index (χ2v) is 5.48. The van der Waals surface area contributed by atoms with Gasteiger partial charge in [-0.3, -0.25) is 0 Å². The summed E-state index contributed by atoms with van der Waals surface area (Å²) in [6.07, 6.45) is -0.0687. The highest BCUT2D eigenvalue weighted by Gasteiger charge is 2.21. The molecule has 0 saturated carbocycles. The zero-order valence-corrected chi connectivity index (χ0v) is 12.3. The number of hydrogen-bond donors (Lipinski definition) is 2. The summed E-state index contributed by atoms with van der Waals surface area (Å²) in [6, 6.07) is 14.3. The van der Waals surface area contributed by atoms with E-state index >= 15 is 0 Å². The van der Waals surface area contributed by atoms with E-state index in [4.69, 9.17) is 10.5 Å². The van der Waals surface area contributed by atoms with Crippen molar-refractivity contribution in [3.05, 3.63) is 59.2 Å². The van der Waals surface area contributed by atoms with Gasteiger partial charge in [-0.15, -0.1) is 0 Å². The van der Waals surface area contributed by atoms with Gasteiger partial charge in [0, 0.05) is 0 Å². The van der Waals surface area contributed by atoms with Crippen LogP contribution in [-0.4, -0.2) is 23.7 Å². The third-order valence-electron chi connectivity index (χ3n) is 4.03. The van der Waals surface area contributed by atoms with Gasteiger partial charge in [0.2, 0.25) is 0 Å². The molecule has 0 fully saturated rings. The average molecular weight is 297 g/mol. The maximum Gasteiger partial charge on any atom is 0.335 e. The Morgan fingerprint density at radius 3 is 2.77 bits per heavy atom. The predicted molar refractivity (Wildman–Crippen MR) is 84.2 cm³/mol. The van der Waals surface area contributed by atoms with Gasteiger partial charge in [-0.2, -0.15) is 0 Å². The molecule has 3 rings (SSSR count). The van der Waals surface area contributed by atoms with E-state index in [0.717, 1.165) is 12.0 Å². The number of carbonyl (C=O) groups excluding carboxylic acids is 1. The Morgan fingerprint density at radius 2 is 1.95 bits per heavy atom. The minimum Gasteiger partial charge on any atom is -0.459 e. The lowest BCUT2D eigenvalue weighted by Crippen LogP contribution is -2.25. The maximum atomic E-state index is 11.7. The van der Waals surface area contributed by atoms with Gasteiger partial charge >= 0.3 is 5.97 Å². The highest BCUT2D eigenvalue weighted by molar-refractivity contribution is 5.78. The van der Waals surface area contributed by atoms with Gasteiger partial charge in [0.1, 0.15) is 6.61 Å². The van der Waals surface area contributed by atoms with Crippen molar-refractivity contribution in [3.8, 4) is 11.1 Å². The number of benzene rings is 2. The van der Waals surface area contributed by atoms with Crippen molar-refractivity contribution in [3.63, 3.8) is 0 Å². The second kappa shape index (κ2) is 6.30. The summed E-state index contributed by atoms with van der Waals surface area (Å²) in [6.45, 7) is 0.434. The quantitative estimate of drug-likeness (QED) is 0.707. The summed E-state index contributed by atoms with van der Waals surface area (Å²) >= 11 is 0. The zero-order valence-electron chi connectivity index (χ0n) is 12.3. The number of aliphatic hydroxyl groups is 1. The van der Waals surface area contributed by atoms with E-state index in [1.807, 2.05) is 24.3 Å². The van der Waals surface area contributed by atoms with Crippen molar-refractivity contribution in [2.75, 3.05) is 6.54 Å². The first-order chi connectivity index (χ1) is 10.7. The summed E-state index contributed by atoms with van der Waals surface area (Å²) in [5.74, 6) is -0.612. The predicted octanol–water partition coefficient (Wildman–Crippen LogP) is 2.01. The fourth-order valence-electron chi connectivity index (χ4n) is 2.88. The van der Waals surface area contributed by atoms with E-state index in [9.17, 15) is 9.90 Å². The molecule has 0 heterocycles. The molecule has 0 amide bonds. The summed E-state index contributed by atoms with van der Waals surface area (Å²) in [7, 11) is 0. The molecule has 22 heavy (non-hydrogen) atoms. The first kappa shape index (κ1) is 14.8. The topological polar surface area (TPSA) is 72.5 Å². The standard InChI is InChI=1S/C18H19NO3/c19-9-8-17(20)18(21)22-11-13-5-3-7-15-14-6-2-1-4-12(14)10-16(13)15/h1-7,17,20H,8-11,19H2. The first-order valence-electron chi connectivity index (χ1n) is 7.44. The normalized spacial score (nSPS) is 13.4. The van der Waals surface area contributed by atoms with Crippen LogP contribution in [-0.2, 0) is 22.6 Å². The van der Waals surface area contributed by atoms with E-state index in [-0.39, 0.29) is 19.6 Å². The van der Waals surface area contributed by atoms with Crippen molar-refractivity contribution < 1.29 is 14.6 Å². The molecule has 1 unspecified atom stereocenters. The van der Waals surface area contributed by atoms with Gasteiger partial charge in [-0.25, -0.2) is 4.79 Å². The molecular weight excluding hydrogens is 278 g/mol. The van der Waals surface area contributed by atoms with Crippen LogP contribution in [0, 0.1) is 0 Å². The number of esters is 1. The van der Waals surface area contributed by atoms with Crippen molar-refractivity contribution in [1.82, 2.24) is 0 Å². The molecule has 3 N–H and O–H groups in total. The molecule has 1 aliphatic rings. The van der Waals surface area contributed by atoms with Crippen molar-refractivity contribution in [2.45, 2.75) is 25.6 Å². The second-order valence-electron chi connectivity index (χ2n) is 5.48. The minimum absolute atomic E-state index is 0.178. The molecule has 0 aliphatic heterocycles. The Hall–Kier alpha value is -2.17. The number of carbonyl (C=O) groups is 1. The Balaban J connectivity index is 1.76. The zero-order chi connectivity index (χ0) is 15.5. The number of ether oxygens (including phenoxy) is 1. The molecule has 4 nitrogen and oxygen atoms in total. The van der Waals surface area contributed by atoms with Crippen LogP contribution >= 0.6 is 0 Å². The van der Waals surface area contributed by atoms with E-state index in [1.165, 1.54) is 22.3 Å². The Morgan fingerprint density at radius 1 is 1.18 bits per heavy atom. The third kappa shape index (κ3) is 2.75. The van der Waals surface area contributed by atoms with Gasteiger partial charge in [0.05, 0.1) is 0 Å². The smallest absolute Gasteiger partial charge is 0.335 e. The van der Waals surface area contributed by atoms with Crippen molar-refractivity contribution in [1.29, 1.82) is 0 Å². The molecule has 1 aliphatic carbocycles. The molecule has 1 atom stereocenters. The molecule has 0 radical (unpaired) electrons. The van der Waals surface area contributed by atoms with Crippen LogP contribution < -0.4 is 5.73 Å². The molecule has 2 aromatic carbocycles. The van der Waals surface area contributed by atoms with E-state index < -0.39 is 12.1 Å². The highest BCUT2D eigenvalue weighted by Crippen LogP contribution is 2.38. The fraction of sp³-hybridized carbons (Fsp3) is 0.278. The number of fused-ring (bicyclic) bond motifs is 3. The summed E-state index contributed by atoms with van der Waals surface area (Å²) < 4.78 is 5.22. The van der Waals surface area contributed by atoms with E-state index in [1.54, 1.807) is 0 Å². The summed E-state index contributed by atoms with van der Waals surface area (Å²) in [5, 5.41) is 9.58. The van der Waals surface area contributed by atoms with E-state index in [2.05, 4.69) is 18.2 Å². The monoisotopic (exact) mass is 297 g/mol. The van der Waals surface area contributed by atoms with Crippen LogP contribution in [0.2, 0.25) is 0 Å². The molecule has 0 aromatic heterocycles. The first-order valence-corrected chi connectivity index (χ1v) is 7.44. The summed E-state index contributed by atoms with van der Waals surface area (Å²) in [4.78, 5) is 11.7. The van der Waals surface area contributed by atoms with Gasteiger partial charge in [0.25, 0.3) is 0 Å². The molecule has 0 spiro atoms. The van der Waals surface area contributed by atoms with Crippen LogP contribution in [0.1, 0.15) is 23.1 Å². The van der Waals surface area contributed by atoms with E-state index in [0.29, 0.717) is 0 Å². The molecule has 4 heteroatoms. The largest absolute Gasteiger partial charge is 0.459 e. The molecule has 2 aromatic rings. The van der Waals surface area contributed by atoms with Gasteiger partial charge in [-0.05, 0) is 47.2 Å². The van der Waals surface area contributed by atoms with Crippen LogP contribution in [0.15, 0.2) is 42.5 Å². The Kier molecular flexibility index (Phi) is 4.22. The average Bonchev–Trinajstić information content (AvgIpc) is 2.92. The Labute approximate surface area is 129 Å². The maximum absolute atomic E-state index is 11.7. The Bertz CT molecular complexity index is 696. The molecular formula is C18H19NO3. The van der Waals surface area contributed by atoms with Crippen LogP contribution in [0.5, 0.6) is 0 Å². The fourth-order valence-corrected chi connectivity index (χ4v) is 2.88. The molecule has 0 bridgehead atoms. The van der Waals surface area contributed by atoms with Crippen LogP contribution in [0.25, 0.3) is 11.1 Å². The van der Waals surface area contributed by atoms with Gasteiger partial charge in [-0.1, -0.05) is 42.5 Å². The number of nitrogens with two attached hydrogens (primary N) is 1. The highest BCUT2D eigenvalue weighted by atomic mass is 16.5. The van der Waals surface area contributed by atoms with Gasteiger partial charge in [0.15, 0.2) is 6.10 Å². The lowest BCUT2D eigenvalue weighted by molar-refractivity contribution is -0.155. The SMILES string of the molecule is NCCC(O)C(=O)OCc1cccc2c1Cc1ccccc1-2. The number of aliphatic hydroxyl groups excluding tert-OH is 1. The molecule has 0 saturated heterocycles. The van der Waals surface area contributed by atoms with Crippen LogP contribution in [0.3, 0.4) is 0 Å². The van der Waals surface area contributed by atoms with Gasteiger partial charge < -0.3 is 15.6 Å².